The van der Waals surface area contributed by atoms with Crippen LogP contribution < -0.4 is 0 Å². The van der Waals surface area contributed by atoms with Gasteiger partial charge in [-0.2, -0.15) is 0 Å². The van der Waals surface area contributed by atoms with Crippen molar-refractivity contribution in [1.29, 1.82) is 0 Å². The van der Waals surface area contributed by atoms with Gasteiger partial charge in [-0.1, -0.05) is 0 Å². The molecule has 0 bridgehead atoms. The average Bonchev–Trinajstić information content (AvgIpc) is 2.86. The van der Waals surface area contributed by atoms with Crippen LogP contribution >= 0.6 is 0 Å². The van der Waals surface area contributed by atoms with Crippen LogP contribution in [0.4, 0.5) is 0 Å². The monoisotopic (exact) mass is 222 g/mol. The smallest absolute Gasteiger partial charge is 0.360 e. The highest BCUT2D eigenvalue weighted by Crippen LogP contribution is 2.20. The van der Waals surface area contributed by atoms with Gasteiger partial charge >= 0.3 is 5.97 Å². The minimum absolute atomic E-state index is 0.167. The Morgan fingerprint density at radius 2 is 2.38 bits per heavy atom. The molecule has 0 aliphatic rings. The minimum atomic E-state index is -0.501. The van der Waals surface area contributed by atoms with E-state index in [0.717, 1.165) is 0 Å². The highest BCUT2D eigenvalue weighted by atomic mass is 16.5. The minimum Gasteiger partial charge on any atom is -0.461 e. The van der Waals surface area contributed by atoms with Gasteiger partial charge in [0.1, 0.15) is 12.0 Å². The SMILES string of the molecule is CCOC(=O)c1nc(-c2cocn2)oc1C. The third kappa shape index (κ3) is 1.81. The molecule has 0 saturated heterocycles. The molecule has 0 spiro atoms. The molecule has 0 saturated carbocycles. The Labute approximate surface area is 91.3 Å². The van der Waals surface area contributed by atoms with Gasteiger partial charge in [-0.05, 0) is 13.8 Å². The van der Waals surface area contributed by atoms with Gasteiger partial charge in [-0.3, -0.25) is 0 Å². The molecule has 0 fully saturated rings. The van der Waals surface area contributed by atoms with Crippen molar-refractivity contribution in [3.8, 4) is 11.6 Å². The summed E-state index contributed by atoms with van der Waals surface area (Å²) >= 11 is 0. The molecule has 6 heteroatoms. The molecule has 2 aromatic rings. The van der Waals surface area contributed by atoms with Gasteiger partial charge in [0.25, 0.3) is 0 Å². The number of oxazole rings is 2. The predicted octanol–water partition coefficient (Wildman–Crippen LogP) is 1.81. The van der Waals surface area contributed by atoms with Crippen molar-refractivity contribution in [2.45, 2.75) is 13.8 Å². The normalized spacial score (nSPS) is 10.4. The van der Waals surface area contributed by atoms with Crippen LogP contribution in [-0.2, 0) is 4.74 Å². The lowest BCUT2D eigenvalue weighted by molar-refractivity contribution is 0.0518. The number of esters is 1. The molecule has 2 heterocycles. The van der Waals surface area contributed by atoms with E-state index in [4.69, 9.17) is 13.6 Å². The molecule has 0 amide bonds. The standard InChI is InChI=1S/C10H10N2O4/c1-3-15-10(13)8-6(2)16-9(12-8)7-4-14-5-11-7/h4-5H,3H2,1-2H3. The van der Waals surface area contributed by atoms with Crippen molar-refractivity contribution < 1.29 is 18.4 Å². The highest BCUT2D eigenvalue weighted by Gasteiger charge is 2.19. The van der Waals surface area contributed by atoms with Gasteiger partial charge in [0, 0.05) is 0 Å². The molecular formula is C10H10N2O4. The Kier molecular flexibility index (Phi) is 2.72. The van der Waals surface area contributed by atoms with Crippen LogP contribution in [0.5, 0.6) is 0 Å². The quantitative estimate of drug-likeness (QED) is 0.737. The van der Waals surface area contributed by atoms with Gasteiger partial charge in [-0.25, -0.2) is 14.8 Å². The Morgan fingerprint density at radius 3 is 3.00 bits per heavy atom. The fourth-order valence-electron chi connectivity index (χ4n) is 1.21. The average molecular weight is 222 g/mol. The van der Waals surface area contributed by atoms with Crippen LogP contribution in [0.1, 0.15) is 23.2 Å². The molecule has 0 N–H and O–H groups in total. The predicted molar refractivity (Wildman–Crippen MR) is 52.7 cm³/mol. The summed E-state index contributed by atoms with van der Waals surface area (Å²) in [4.78, 5) is 19.3. The number of hydrogen-bond acceptors (Lipinski definition) is 6. The second-order valence-electron chi connectivity index (χ2n) is 3.02. The molecule has 0 aliphatic heterocycles. The number of rotatable bonds is 3. The molecule has 2 rings (SSSR count). The molecule has 0 unspecified atom stereocenters. The summed E-state index contributed by atoms with van der Waals surface area (Å²) < 4.78 is 14.9. The summed E-state index contributed by atoms with van der Waals surface area (Å²) in [6.45, 7) is 3.67. The molecule has 0 aromatic carbocycles. The van der Waals surface area contributed by atoms with Gasteiger partial charge < -0.3 is 13.6 Å². The Morgan fingerprint density at radius 1 is 1.56 bits per heavy atom. The topological polar surface area (TPSA) is 78.4 Å². The number of hydrogen-bond donors (Lipinski definition) is 0. The summed E-state index contributed by atoms with van der Waals surface area (Å²) in [7, 11) is 0. The number of aromatic nitrogens is 2. The number of carbonyl (C=O) groups is 1. The lowest BCUT2D eigenvalue weighted by Gasteiger charge is -1.96. The largest absolute Gasteiger partial charge is 0.461 e. The van der Waals surface area contributed by atoms with Gasteiger partial charge in [0.15, 0.2) is 17.8 Å². The lowest BCUT2D eigenvalue weighted by atomic mass is 10.4. The van der Waals surface area contributed by atoms with Crippen molar-refractivity contribution in [2.24, 2.45) is 0 Å². The van der Waals surface area contributed by atoms with E-state index in [0.29, 0.717) is 18.1 Å². The maximum atomic E-state index is 11.5. The number of carbonyl (C=O) groups excluding carboxylic acids is 1. The molecule has 0 aliphatic carbocycles. The van der Waals surface area contributed by atoms with Crippen LogP contribution in [0.15, 0.2) is 21.5 Å². The van der Waals surface area contributed by atoms with Crippen molar-refractivity contribution in [3.05, 3.63) is 24.1 Å². The van der Waals surface area contributed by atoms with Gasteiger partial charge in [0.05, 0.1) is 6.61 Å². The summed E-state index contributed by atoms with van der Waals surface area (Å²) in [5.41, 5.74) is 0.610. The molecule has 84 valence electrons. The van der Waals surface area contributed by atoms with E-state index in [9.17, 15) is 4.79 Å². The van der Waals surface area contributed by atoms with E-state index in [1.54, 1.807) is 13.8 Å². The number of aryl methyl sites for hydroxylation is 1. The van der Waals surface area contributed by atoms with Crippen LogP contribution in [0, 0.1) is 6.92 Å². The second kappa shape index (κ2) is 4.18. The van der Waals surface area contributed by atoms with Crippen molar-refractivity contribution in [3.63, 3.8) is 0 Å². The zero-order valence-corrected chi connectivity index (χ0v) is 8.89. The molecule has 6 nitrogen and oxygen atoms in total. The zero-order chi connectivity index (χ0) is 11.5. The van der Waals surface area contributed by atoms with Gasteiger partial charge in [0.2, 0.25) is 5.89 Å². The molecule has 0 atom stereocenters. The summed E-state index contributed by atoms with van der Waals surface area (Å²) in [6, 6.07) is 0. The fraction of sp³-hybridized carbons (Fsp3) is 0.300. The number of ether oxygens (including phenoxy) is 1. The number of nitrogens with zero attached hydrogens (tertiary/aromatic N) is 2. The Bertz CT molecular complexity index is 487. The Hall–Kier alpha value is -2.11. The van der Waals surface area contributed by atoms with E-state index in [1.165, 1.54) is 12.7 Å². The van der Waals surface area contributed by atoms with Crippen LogP contribution in [0.3, 0.4) is 0 Å². The summed E-state index contributed by atoms with van der Waals surface area (Å²) in [5, 5.41) is 0. The first kappa shape index (κ1) is 10.4. The van der Waals surface area contributed by atoms with Crippen molar-refractivity contribution >= 4 is 5.97 Å². The van der Waals surface area contributed by atoms with E-state index < -0.39 is 5.97 Å². The van der Waals surface area contributed by atoms with E-state index in [-0.39, 0.29) is 11.6 Å². The highest BCUT2D eigenvalue weighted by molar-refractivity contribution is 5.88. The van der Waals surface area contributed by atoms with Crippen molar-refractivity contribution in [2.75, 3.05) is 6.61 Å². The van der Waals surface area contributed by atoms with E-state index in [2.05, 4.69) is 9.97 Å². The second-order valence-corrected chi connectivity index (χ2v) is 3.02. The van der Waals surface area contributed by atoms with E-state index in [1.807, 2.05) is 0 Å². The van der Waals surface area contributed by atoms with E-state index >= 15 is 0 Å². The first-order chi connectivity index (χ1) is 7.72. The van der Waals surface area contributed by atoms with Crippen LogP contribution in [0.2, 0.25) is 0 Å². The third-order valence-corrected chi connectivity index (χ3v) is 1.92. The lowest BCUT2D eigenvalue weighted by Crippen LogP contribution is -2.06. The third-order valence-electron chi connectivity index (χ3n) is 1.92. The molecule has 2 aromatic heterocycles. The maximum absolute atomic E-state index is 11.5. The molecule has 0 radical (unpaired) electrons. The first-order valence-electron chi connectivity index (χ1n) is 4.75. The van der Waals surface area contributed by atoms with Crippen LogP contribution in [-0.4, -0.2) is 22.5 Å². The molecular weight excluding hydrogens is 212 g/mol. The summed E-state index contributed by atoms with van der Waals surface area (Å²) in [5.74, 6) is 0.143. The molecule has 16 heavy (non-hydrogen) atoms. The zero-order valence-electron chi connectivity index (χ0n) is 8.89. The maximum Gasteiger partial charge on any atom is 0.360 e. The Balaban J connectivity index is 2.32. The fourth-order valence-corrected chi connectivity index (χ4v) is 1.21. The van der Waals surface area contributed by atoms with Crippen LogP contribution in [0.25, 0.3) is 11.6 Å². The van der Waals surface area contributed by atoms with Gasteiger partial charge in [-0.15, -0.1) is 0 Å². The summed E-state index contributed by atoms with van der Waals surface area (Å²) in [6.07, 6.45) is 2.65. The van der Waals surface area contributed by atoms with Crippen molar-refractivity contribution in [1.82, 2.24) is 9.97 Å². The first-order valence-corrected chi connectivity index (χ1v) is 4.75.